The van der Waals surface area contributed by atoms with Gasteiger partial charge in [0.15, 0.2) is 0 Å². The topological polar surface area (TPSA) is 16.1 Å². The predicted octanol–water partition coefficient (Wildman–Crippen LogP) is 3.90. The quantitative estimate of drug-likeness (QED) is 0.745. The minimum absolute atomic E-state index is 0.201. The summed E-state index contributed by atoms with van der Waals surface area (Å²) in [5.41, 5.74) is 1.53. The fourth-order valence-corrected chi connectivity index (χ4v) is 3.47. The minimum atomic E-state index is 0.201. The van der Waals surface area contributed by atoms with E-state index in [0.29, 0.717) is 0 Å². The molecule has 18 heavy (non-hydrogen) atoms. The Kier molecular flexibility index (Phi) is 2.84. The zero-order valence-electron chi connectivity index (χ0n) is 11.8. The molecular weight excluding hydrogens is 220 g/mol. The maximum atomic E-state index is 4.74. The van der Waals surface area contributed by atoms with E-state index >= 15 is 0 Å². The molecule has 0 aromatic carbocycles. The molecule has 2 unspecified atom stereocenters. The molecule has 1 aromatic heterocycles. The molecule has 98 valence electrons. The standard InChI is InChI=1S/C16H24N2/c1-16(2,3)12-7-10-15(17-11-12)18-13-5-4-6-14(18)9-8-13/h7,10-11,13-14H,4-6,8-9H2,1-3H3. The van der Waals surface area contributed by atoms with E-state index in [1.54, 1.807) is 0 Å². The lowest BCUT2D eigenvalue weighted by atomic mass is 9.88. The number of rotatable bonds is 1. The number of hydrogen-bond donors (Lipinski definition) is 0. The first-order chi connectivity index (χ1) is 8.55. The molecule has 2 aliphatic heterocycles. The highest BCUT2D eigenvalue weighted by molar-refractivity contribution is 5.45. The summed E-state index contributed by atoms with van der Waals surface area (Å²) in [4.78, 5) is 7.33. The Morgan fingerprint density at radius 2 is 1.72 bits per heavy atom. The van der Waals surface area contributed by atoms with Crippen LogP contribution in [-0.2, 0) is 5.41 Å². The van der Waals surface area contributed by atoms with E-state index in [2.05, 4.69) is 44.0 Å². The third-order valence-corrected chi connectivity index (χ3v) is 4.57. The Morgan fingerprint density at radius 3 is 2.22 bits per heavy atom. The highest BCUT2D eigenvalue weighted by atomic mass is 15.3. The Balaban J connectivity index is 1.85. The number of piperidine rings is 1. The Bertz CT molecular complexity index is 400. The van der Waals surface area contributed by atoms with Crippen molar-refractivity contribution in [3.05, 3.63) is 23.9 Å². The van der Waals surface area contributed by atoms with Crippen LogP contribution in [0.25, 0.3) is 0 Å². The molecule has 0 saturated carbocycles. The molecule has 0 aliphatic carbocycles. The molecule has 2 atom stereocenters. The summed E-state index contributed by atoms with van der Waals surface area (Å²) in [6.07, 6.45) is 8.94. The number of fused-ring (bicyclic) bond motifs is 2. The van der Waals surface area contributed by atoms with E-state index in [-0.39, 0.29) is 5.41 Å². The largest absolute Gasteiger partial charge is 0.351 e. The van der Waals surface area contributed by atoms with Crippen LogP contribution >= 0.6 is 0 Å². The van der Waals surface area contributed by atoms with Gasteiger partial charge in [0.25, 0.3) is 0 Å². The number of anilines is 1. The average molecular weight is 244 g/mol. The molecule has 2 fully saturated rings. The van der Waals surface area contributed by atoms with E-state index in [1.807, 2.05) is 0 Å². The van der Waals surface area contributed by atoms with Crippen molar-refractivity contribution in [2.24, 2.45) is 0 Å². The van der Waals surface area contributed by atoms with Crippen LogP contribution in [0.5, 0.6) is 0 Å². The Labute approximate surface area is 110 Å². The van der Waals surface area contributed by atoms with Gasteiger partial charge in [0, 0.05) is 18.3 Å². The average Bonchev–Trinajstić information content (AvgIpc) is 2.58. The summed E-state index contributed by atoms with van der Waals surface area (Å²) in [6, 6.07) is 6.02. The van der Waals surface area contributed by atoms with Crippen LogP contribution in [0.2, 0.25) is 0 Å². The molecule has 3 rings (SSSR count). The van der Waals surface area contributed by atoms with E-state index in [4.69, 9.17) is 4.98 Å². The molecule has 0 N–H and O–H groups in total. The van der Waals surface area contributed by atoms with Gasteiger partial charge in [-0.1, -0.05) is 26.8 Å². The van der Waals surface area contributed by atoms with Gasteiger partial charge in [-0.05, 0) is 49.1 Å². The zero-order chi connectivity index (χ0) is 12.8. The van der Waals surface area contributed by atoms with Crippen molar-refractivity contribution in [1.82, 2.24) is 4.98 Å². The van der Waals surface area contributed by atoms with Gasteiger partial charge in [-0.2, -0.15) is 0 Å². The lowest BCUT2D eigenvalue weighted by molar-refractivity contribution is 0.464. The van der Waals surface area contributed by atoms with Crippen LogP contribution in [0.3, 0.4) is 0 Å². The van der Waals surface area contributed by atoms with Crippen molar-refractivity contribution in [3.63, 3.8) is 0 Å². The molecule has 2 bridgehead atoms. The molecule has 2 nitrogen and oxygen atoms in total. The molecule has 1 aromatic rings. The normalized spacial score (nSPS) is 27.6. The monoisotopic (exact) mass is 244 g/mol. The fourth-order valence-electron chi connectivity index (χ4n) is 3.47. The number of aromatic nitrogens is 1. The smallest absolute Gasteiger partial charge is 0.128 e. The van der Waals surface area contributed by atoms with Crippen molar-refractivity contribution in [2.45, 2.75) is 70.4 Å². The first kappa shape index (κ1) is 12.0. The van der Waals surface area contributed by atoms with Crippen molar-refractivity contribution in [2.75, 3.05) is 4.90 Å². The first-order valence-electron chi connectivity index (χ1n) is 7.30. The molecule has 2 heteroatoms. The summed E-state index contributed by atoms with van der Waals surface area (Å²) in [5, 5.41) is 0. The molecule has 0 spiro atoms. The van der Waals surface area contributed by atoms with Crippen molar-refractivity contribution >= 4 is 5.82 Å². The van der Waals surface area contributed by atoms with Crippen LogP contribution in [-0.4, -0.2) is 17.1 Å². The highest BCUT2D eigenvalue weighted by Gasteiger charge is 2.37. The SMILES string of the molecule is CC(C)(C)c1ccc(N2C3CCCC2CC3)nc1. The van der Waals surface area contributed by atoms with Gasteiger partial charge in [0.2, 0.25) is 0 Å². The zero-order valence-corrected chi connectivity index (χ0v) is 11.8. The van der Waals surface area contributed by atoms with E-state index < -0.39 is 0 Å². The molecular formula is C16H24N2. The van der Waals surface area contributed by atoms with Crippen LogP contribution in [0.15, 0.2) is 18.3 Å². The maximum Gasteiger partial charge on any atom is 0.128 e. The summed E-state index contributed by atoms with van der Waals surface area (Å²) < 4.78 is 0. The van der Waals surface area contributed by atoms with Gasteiger partial charge in [-0.3, -0.25) is 0 Å². The van der Waals surface area contributed by atoms with E-state index in [0.717, 1.165) is 12.1 Å². The lowest BCUT2D eigenvalue weighted by Gasteiger charge is -2.36. The van der Waals surface area contributed by atoms with Crippen LogP contribution in [0, 0.1) is 0 Å². The third kappa shape index (κ3) is 2.02. The molecule has 0 amide bonds. The molecule has 0 radical (unpaired) electrons. The van der Waals surface area contributed by atoms with Crippen LogP contribution in [0.4, 0.5) is 5.82 Å². The summed E-state index contributed by atoms with van der Waals surface area (Å²) in [6.45, 7) is 6.73. The summed E-state index contributed by atoms with van der Waals surface area (Å²) in [5.74, 6) is 1.20. The van der Waals surface area contributed by atoms with Gasteiger partial charge in [-0.15, -0.1) is 0 Å². The van der Waals surface area contributed by atoms with Gasteiger partial charge in [-0.25, -0.2) is 4.98 Å². The fraction of sp³-hybridized carbons (Fsp3) is 0.688. The van der Waals surface area contributed by atoms with Crippen molar-refractivity contribution in [3.8, 4) is 0 Å². The molecule has 2 saturated heterocycles. The minimum Gasteiger partial charge on any atom is -0.351 e. The van der Waals surface area contributed by atoms with Gasteiger partial charge in [0.05, 0.1) is 0 Å². The van der Waals surface area contributed by atoms with Gasteiger partial charge < -0.3 is 4.90 Å². The second kappa shape index (κ2) is 4.25. The Hall–Kier alpha value is -1.05. The van der Waals surface area contributed by atoms with Crippen molar-refractivity contribution in [1.29, 1.82) is 0 Å². The summed E-state index contributed by atoms with van der Waals surface area (Å²) >= 11 is 0. The first-order valence-corrected chi connectivity index (χ1v) is 7.30. The third-order valence-electron chi connectivity index (χ3n) is 4.57. The second-order valence-corrected chi connectivity index (χ2v) is 6.88. The van der Waals surface area contributed by atoms with Crippen molar-refractivity contribution < 1.29 is 0 Å². The lowest BCUT2D eigenvalue weighted by Crippen LogP contribution is -2.40. The second-order valence-electron chi connectivity index (χ2n) is 6.88. The van der Waals surface area contributed by atoms with Crippen LogP contribution in [0.1, 0.15) is 58.4 Å². The molecule has 2 aliphatic rings. The summed E-state index contributed by atoms with van der Waals surface area (Å²) in [7, 11) is 0. The van der Waals surface area contributed by atoms with Gasteiger partial charge in [0.1, 0.15) is 5.82 Å². The maximum absolute atomic E-state index is 4.74. The van der Waals surface area contributed by atoms with Gasteiger partial charge >= 0.3 is 0 Å². The number of nitrogens with zero attached hydrogens (tertiary/aromatic N) is 2. The highest BCUT2D eigenvalue weighted by Crippen LogP contribution is 2.38. The number of hydrogen-bond acceptors (Lipinski definition) is 2. The van der Waals surface area contributed by atoms with E-state index in [1.165, 1.54) is 43.5 Å². The predicted molar refractivity (Wildman–Crippen MR) is 76.1 cm³/mol. The Morgan fingerprint density at radius 1 is 1.06 bits per heavy atom. The molecule has 3 heterocycles. The van der Waals surface area contributed by atoms with E-state index in [9.17, 15) is 0 Å². The van der Waals surface area contributed by atoms with Crippen LogP contribution < -0.4 is 4.90 Å². The number of pyridine rings is 1.